The van der Waals surface area contributed by atoms with E-state index in [0.717, 1.165) is 0 Å². The summed E-state index contributed by atoms with van der Waals surface area (Å²) in [5.41, 5.74) is 6.34. The monoisotopic (exact) mass is 378 g/mol. The second-order valence-corrected chi connectivity index (χ2v) is 5.74. The molecule has 4 N–H and O–H groups in total. The largest absolute Gasteiger partial charge is 0.461 e. The number of fused-ring (bicyclic) bond motifs is 1. The summed E-state index contributed by atoms with van der Waals surface area (Å²) in [4.78, 5) is 28.7. The molecule has 0 amide bonds. The highest BCUT2D eigenvalue weighted by molar-refractivity contribution is 6.05. The zero-order valence-corrected chi connectivity index (χ0v) is 15.1. The Labute approximate surface area is 160 Å². The molecule has 0 saturated heterocycles. The minimum Gasteiger partial charge on any atom is -0.461 e. The van der Waals surface area contributed by atoms with E-state index in [-0.39, 0.29) is 18.3 Å². The third-order valence-corrected chi connectivity index (χ3v) is 3.84. The highest BCUT2D eigenvalue weighted by atomic mass is 16.5. The van der Waals surface area contributed by atoms with Crippen LogP contribution in [0.25, 0.3) is 10.8 Å². The zero-order valence-electron chi connectivity index (χ0n) is 15.1. The van der Waals surface area contributed by atoms with Crippen molar-refractivity contribution >= 4 is 34.4 Å². The standard InChI is InChI=1S/C20H18N4O4/c1-2-27-19(26)17-15-4-3-5-16(14(15)10-11-23-17)28-18(25)12-6-8-13(9-7-12)24-20(21)22/h3-11H,2H2,1H3,(H4,21,22,24). The topological polar surface area (TPSA) is 127 Å². The van der Waals surface area contributed by atoms with Gasteiger partial charge in [-0.3, -0.25) is 5.41 Å². The quantitative estimate of drug-likeness (QED) is 0.269. The number of nitrogens with two attached hydrogens (primary N) is 1. The van der Waals surface area contributed by atoms with Gasteiger partial charge in [0.1, 0.15) is 5.75 Å². The number of anilines is 1. The van der Waals surface area contributed by atoms with Gasteiger partial charge in [-0.05, 0) is 43.3 Å². The van der Waals surface area contributed by atoms with Crippen LogP contribution in [0.1, 0.15) is 27.8 Å². The molecule has 0 saturated carbocycles. The molecule has 0 radical (unpaired) electrons. The van der Waals surface area contributed by atoms with Crippen molar-refractivity contribution in [3.63, 3.8) is 0 Å². The van der Waals surface area contributed by atoms with Crippen LogP contribution in [0.4, 0.5) is 5.69 Å². The molecule has 8 nitrogen and oxygen atoms in total. The molecule has 0 aliphatic rings. The normalized spacial score (nSPS) is 10.3. The summed E-state index contributed by atoms with van der Waals surface area (Å²) in [5.74, 6) is -0.986. The first-order valence-electron chi connectivity index (χ1n) is 8.47. The van der Waals surface area contributed by atoms with Crippen LogP contribution >= 0.6 is 0 Å². The molecule has 142 valence electrons. The summed E-state index contributed by atoms with van der Waals surface area (Å²) >= 11 is 0. The number of rotatable bonds is 5. The van der Waals surface area contributed by atoms with Crippen LogP contribution in [-0.2, 0) is 4.74 Å². The van der Waals surface area contributed by atoms with E-state index < -0.39 is 11.9 Å². The van der Waals surface area contributed by atoms with Crippen LogP contribution in [0.3, 0.4) is 0 Å². The molecule has 0 spiro atoms. The summed E-state index contributed by atoms with van der Waals surface area (Å²) in [6.07, 6.45) is 1.47. The zero-order chi connectivity index (χ0) is 20.1. The maximum atomic E-state index is 12.5. The highest BCUT2D eigenvalue weighted by Gasteiger charge is 2.16. The predicted molar refractivity (Wildman–Crippen MR) is 105 cm³/mol. The van der Waals surface area contributed by atoms with E-state index >= 15 is 0 Å². The van der Waals surface area contributed by atoms with Gasteiger partial charge in [0.25, 0.3) is 0 Å². The fourth-order valence-electron chi connectivity index (χ4n) is 2.63. The molecule has 1 aromatic heterocycles. The number of hydrogen-bond donors (Lipinski definition) is 3. The Morgan fingerprint density at radius 1 is 1.07 bits per heavy atom. The lowest BCUT2D eigenvalue weighted by Gasteiger charge is -2.10. The first kappa shape index (κ1) is 18.8. The van der Waals surface area contributed by atoms with Crippen molar-refractivity contribution in [1.29, 1.82) is 5.41 Å². The summed E-state index contributed by atoms with van der Waals surface area (Å²) in [7, 11) is 0. The SMILES string of the molecule is CCOC(=O)c1nccc2c(OC(=O)c3ccc(NC(=N)N)cc3)cccc12. The van der Waals surface area contributed by atoms with Gasteiger partial charge in [-0.25, -0.2) is 14.6 Å². The molecular formula is C20H18N4O4. The molecule has 1 heterocycles. The van der Waals surface area contributed by atoms with Crippen molar-refractivity contribution in [3.05, 3.63) is 66.0 Å². The van der Waals surface area contributed by atoms with Crippen molar-refractivity contribution in [3.8, 4) is 5.75 Å². The maximum Gasteiger partial charge on any atom is 0.357 e. The molecular weight excluding hydrogens is 360 g/mol. The highest BCUT2D eigenvalue weighted by Crippen LogP contribution is 2.28. The van der Waals surface area contributed by atoms with E-state index in [1.54, 1.807) is 55.5 Å². The Balaban J connectivity index is 1.88. The average molecular weight is 378 g/mol. The van der Waals surface area contributed by atoms with Crippen LogP contribution in [-0.4, -0.2) is 29.5 Å². The van der Waals surface area contributed by atoms with E-state index in [2.05, 4.69) is 10.3 Å². The van der Waals surface area contributed by atoms with Crippen LogP contribution in [0.15, 0.2) is 54.7 Å². The number of pyridine rings is 1. The molecule has 28 heavy (non-hydrogen) atoms. The summed E-state index contributed by atoms with van der Waals surface area (Å²) < 4.78 is 10.5. The second-order valence-electron chi connectivity index (χ2n) is 5.74. The molecule has 0 aliphatic carbocycles. The Hall–Kier alpha value is -3.94. The fourth-order valence-corrected chi connectivity index (χ4v) is 2.63. The molecule has 3 rings (SSSR count). The van der Waals surface area contributed by atoms with Gasteiger partial charge < -0.3 is 20.5 Å². The molecule has 3 aromatic rings. The Kier molecular flexibility index (Phi) is 5.50. The molecule has 0 bridgehead atoms. The van der Waals surface area contributed by atoms with Crippen molar-refractivity contribution in [2.75, 3.05) is 11.9 Å². The van der Waals surface area contributed by atoms with Crippen LogP contribution < -0.4 is 15.8 Å². The van der Waals surface area contributed by atoms with Crippen molar-refractivity contribution in [2.24, 2.45) is 5.73 Å². The van der Waals surface area contributed by atoms with E-state index in [0.29, 0.717) is 27.8 Å². The first-order chi connectivity index (χ1) is 13.5. The van der Waals surface area contributed by atoms with E-state index in [1.807, 2.05) is 0 Å². The van der Waals surface area contributed by atoms with E-state index in [4.69, 9.17) is 20.6 Å². The lowest BCUT2D eigenvalue weighted by molar-refractivity contribution is 0.0522. The molecule has 0 aliphatic heterocycles. The number of benzene rings is 2. The molecule has 0 fully saturated rings. The maximum absolute atomic E-state index is 12.5. The predicted octanol–water partition coefficient (Wildman–Crippen LogP) is 2.94. The Morgan fingerprint density at radius 2 is 1.82 bits per heavy atom. The second kappa shape index (κ2) is 8.17. The van der Waals surface area contributed by atoms with E-state index in [1.165, 1.54) is 6.20 Å². The van der Waals surface area contributed by atoms with Crippen molar-refractivity contribution < 1.29 is 19.1 Å². The molecule has 0 atom stereocenters. The smallest absolute Gasteiger partial charge is 0.357 e. The third-order valence-electron chi connectivity index (χ3n) is 3.84. The van der Waals surface area contributed by atoms with Crippen LogP contribution in [0.2, 0.25) is 0 Å². The number of esters is 2. The van der Waals surface area contributed by atoms with Gasteiger partial charge in [-0.15, -0.1) is 0 Å². The molecule has 0 unspecified atom stereocenters. The number of nitrogens with one attached hydrogen (secondary N) is 2. The lowest BCUT2D eigenvalue weighted by Crippen LogP contribution is -2.20. The van der Waals surface area contributed by atoms with Gasteiger partial charge in [-0.1, -0.05) is 12.1 Å². The number of carbonyl (C=O) groups is 2. The average Bonchev–Trinajstić information content (AvgIpc) is 2.68. The van der Waals surface area contributed by atoms with Gasteiger partial charge >= 0.3 is 11.9 Å². The fraction of sp³-hybridized carbons (Fsp3) is 0.100. The van der Waals surface area contributed by atoms with Crippen molar-refractivity contribution in [2.45, 2.75) is 6.92 Å². The summed E-state index contributed by atoms with van der Waals surface area (Å²) in [5, 5.41) is 10.9. The van der Waals surface area contributed by atoms with E-state index in [9.17, 15) is 9.59 Å². The number of guanidine groups is 1. The van der Waals surface area contributed by atoms with Gasteiger partial charge in [0.15, 0.2) is 11.7 Å². The van der Waals surface area contributed by atoms with Gasteiger partial charge in [0, 0.05) is 22.7 Å². The first-order valence-corrected chi connectivity index (χ1v) is 8.47. The minimum absolute atomic E-state index is 0.164. The van der Waals surface area contributed by atoms with Gasteiger partial charge in [0.05, 0.1) is 12.2 Å². The number of hydrogen-bond acceptors (Lipinski definition) is 6. The number of ether oxygens (including phenoxy) is 2. The minimum atomic E-state index is -0.559. The molecule has 2 aromatic carbocycles. The Bertz CT molecular complexity index is 1050. The van der Waals surface area contributed by atoms with Crippen LogP contribution in [0, 0.1) is 5.41 Å². The van der Waals surface area contributed by atoms with Crippen molar-refractivity contribution in [1.82, 2.24) is 4.98 Å². The Morgan fingerprint density at radius 3 is 2.50 bits per heavy atom. The number of aromatic nitrogens is 1. The summed E-state index contributed by atoms with van der Waals surface area (Å²) in [6, 6.07) is 13.0. The molecule has 8 heteroatoms. The third kappa shape index (κ3) is 4.07. The number of carbonyl (C=O) groups excluding carboxylic acids is 2. The van der Waals surface area contributed by atoms with Gasteiger partial charge in [0.2, 0.25) is 0 Å². The number of nitrogens with zero attached hydrogens (tertiary/aromatic N) is 1. The lowest BCUT2D eigenvalue weighted by atomic mass is 10.1. The van der Waals surface area contributed by atoms with Crippen LogP contribution in [0.5, 0.6) is 5.75 Å². The van der Waals surface area contributed by atoms with Gasteiger partial charge in [-0.2, -0.15) is 0 Å². The summed E-state index contributed by atoms with van der Waals surface area (Å²) in [6.45, 7) is 1.95.